The Bertz CT molecular complexity index is 1110. The topological polar surface area (TPSA) is 54.2 Å². The first kappa shape index (κ1) is 22.2. The van der Waals surface area contributed by atoms with Gasteiger partial charge in [0.2, 0.25) is 0 Å². The van der Waals surface area contributed by atoms with Gasteiger partial charge in [0.25, 0.3) is 0 Å². The van der Waals surface area contributed by atoms with Crippen LogP contribution >= 0.6 is 23.2 Å². The van der Waals surface area contributed by atoms with Crippen molar-refractivity contribution in [2.24, 2.45) is 5.92 Å². The molecule has 0 unspecified atom stereocenters. The molecule has 0 amide bonds. The Morgan fingerprint density at radius 2 is 1.71 bits per heavy atom. The number of alkyl halides is 3. The summed E-state index contributed by atoms with van der Waals surface area (Å²) in [7, 11) is 0. The quantitative estimate of drug-likeness (QED) is 0.541. The molecule has 166 valence electrons. The number of hydrogen-bond acceptors (Lipinski definition) is 4. The fourth-order valence-corrected chi connectivity index (χ4v) is 4.74. The molecule has 1 N–H and O–H groups in total. The van der Waals surface area contributed by atoms with Gasteiger partial charge in [-0.05, 0) is 50.3 Å². The van der Waals surface area contributed by atoms with Crippen molar-refractivity contribution < 1.29 is 18.3 Å². The molecule has 1 aromatic carbocycles. The first-order valence-electron chi connectivity index (χ1n) is 9.89. The first-order chi connectivity index (χ1) is 14.6. The number of anilines is 1. The van der Waals surface area contributed by atoms with E-state index in [2.05, 4.69) is 14.9 Å². The van der Waals surface area contributed by atoms with Crippen LogP contribution in [0.5, 0.6) is 0 Å². The molecular formula is C21H21Cl2F3N4O. The van der Waals surface area contributed by atoms with E-state index in [9.17, 15) is 18.3 Å². The number of halogens is 5. The van der Waals surface area contributed by atoms with Crippen LogP contribution < -0.4 is 4.90 Å². The van der Waals surface area contributed by atoms with E-state index in [-0.39, 0.29) is 28.3 Å². The number of nitrogens with zero attached hydrogens (tertiary/aromatic N) is 4. The van der Waals surface area contributed by atoms with Crippen LogP contribution in [0.25, 0.3) is 16.7 Å². The molecule has 0 radical (unpaired) electrons. The van der Waals surface area contributed by atoms with Crippen molar-refractivity contribution in [1.82, 2.24) is 14.5 Å². The second-order valence-electron chi connectivity index (χ2n) is 7.87. The molecule has 1 aliphatic heterocycles. The Balaban J connectivity index is 1.86. The van der Waals surface area contributed by atoms with Crippen LogP contribution in [0, 0.1) is 19.8 Å². The molecule has 2 aromatic heterocycles. The van der Waals surface area contributed by atoms with Gasteiger partial charge in [0.15, 0.2) is 5.65 Å². The molecule has 0 bridgehead atoms. The van der Waals surface area contributed by atoms with Crippen molar-refractivity contribution in [3.05, 3.63) is 45.3 Å². The lowest BCUT2D eigenvalue weighted by atomic mass is 9.98. The smallest absolute Gasteiger partial charge is 0.396 e. The molecule has 1 fully saturated rings. The van der Waals surface area contributed by atoms with Gasteiger partial charge in [-0.3, -0.25) is 4.57 Å². The lowest BCUT2D eigenvalue weighted by molar-refractivity contribution is -0.137. The Morgan fingerprint density at radius 1 is 1.10 bits per heavy atom. The second-order valence-corrected chi connectivity index (χ2v) is 8.69. The van der Waals surface area contributed by atoms with E-state index in [1.807, 2.05) is 6.92 Å². The third kappa shape index (κ3) is 4.08. The minimum absolute atomic E-state index is 0.113. The summed E-state index contributed by atoms with van der Waals surface area (Å²) in [5.41, 5.74) is 0.740. The van der Waals surface area contributed by atoms with Crippen LogP contribution in [-0.4, -0.2) is 39.3 Å². The zero-order valence-corrected chi connectivity index (χ0v) is 18.5. The summed E-state index contributed by atoms with van der Waals surface area (Å²) in [4.78, 5) is 11.4. The minimum Gasteiger partial charge on any atom is -0.396 e. The zero-order valence-electron chi connectivity index (χ0n) is 17.0. The van der Waals surface area contributed by atoms with Gasteiger partial charge in [0.1, 0.15) is 11.6 Å². The lowest BCUT2D eigenvalue weighted by Gasteiger charge is -2.32. The molecule has 5 nitrogen and oxygen atoms in total. The molecule has 0 saturated carbocycles. The normalized spacial score (nSPS) is 15.8. The summed E-state index contributed by atoms with van der Waals surface area (Å²) in [6.07, 6.45) is -1.06. The van der Waals surface area contributed by atoms with Gasteiger partial charge < -0.3 is 10.0 Å². The molecule has 0 aliphatic carbocycles. The lowest BCUT2D eigenvalue weighted by Crippen LogP contribution is -2.35. The number of aliphatic hydroxyl groups excluding tert-OH is 1. The Labute approximate surface area is 187 Å². The van der Waals surface area contributed by atoms with Gasteiger partial charge in [-0.15, -0.1) is 0 Å². The summed E-state index contributed by atoms with van der Waals surface area (Å²) in [5, 5.41) is 10.00. The van der Waals surface area contributed by atoms with Gasteiger partial charge in [0, 0.05) is 25.9 Å². The predicted molar refractivity (Wildman–Crippen MR) is 115 cm³/mol. The SMILES string of the molecule is Cc1nc(N2CCC(CO)CC2)c2c(C)cn(-c3c(Cl)cc(C(F)(F)F)cc3Cl)c2n1. The standard InChI is InChI=1S/C21H21Cl2F3N4O/c1-11-9-30(18-15(22)7-14(8-16(18)23)21(24,25)26)20-17(11)19(27-12(2)28-20)29-5-3-13(10-31)4-6-29/h7-9,13,31H,3-6,10H2,1-2H3. The highest BCUT2D eigenvalue weighted by molar-refractivity contribution is 6.38. The number of hydrogen-bond donors (Lipinski definition) is 1. The molecule has 1 aliphatic rings. The highest BCUT2D eigenvalue weighted by atomic mass is 35.5. The molecule has 4 rings (SSSR count). The van der Waals surface area contributed by atoms with E-state index in [0.29, 0.717) is 11.5 Å². The maximum absolute atomic E-state index is 13.1. The molecule has 1 saturated heterocycles. The van der Waals surface area contributed by atoms with Crippen molar-refractivity contribution >= 4 is 40.1 Å². The maximum Gasteiger partial charge on any atom is 0.416 e. The van der Waals surface area contributed by atoms with E-state index in [1.165, 1.54) is 0 Å². The summed E-state index contributed by atoms with van der Waals surface area (Å²) in [6, 6.07) is 1.75. The average Bonchev–Trinajstić information content (AvgIpc) is 3.02. The van der Waals surface area contributed by atoms with Crippen LogP contribution in [0.3, 0.4) is 0 Å². The monoisotopic (exact) mass is 472 g/mol. The average molecular weight is 473 g/mol. The zero-order chi connectivity index (χ0) is 22.5. The van der Waals surface area contributed by atoms with Gasteiger partial charge >= 0.3 is 6.18 Å². The van der Waals surface area contributed by atoms with Crippen molar-refractivity contribution in [3.8, 4) is 5.69 Å². The van der Waals surface area contributed by atoms with Crippen LogP contribution in [-0.2, 0) is 6.18 Å². The van der Waals surface area contributed by atoms with E-state index in [0.717, 1.165) is 54.8 Å². The van der Waals surface area contributed by atoms with Crippen molar-refractivity contribution in [1.29, 1.82) is 0 Å². The summed E-state index contributed by atoms with van der Waals surface area (Å²) < 4.78 is 41.0. The highest BCUT2D eigenvalue weighted by Crippen LogP contribution is 2.40. The first-order valence-corrected chi connectivity index (χ1v) is 10.6. The second kappa shape index (κ2) is 8.15. The van der Waals surface area contributed by atoms with Crippen molar-refractivity contribution in [2.75, 3.05) is 24.6 Å². The largest absolute Gasteiger partial charge is 0.416 e. The highest BCUT2D eigenvalue weighted by Gasteiger charge is 2.33. The van der Waals surface area contributed by atoms with Crippen LogP contribution in [0.1, 0.15) is 29.8 Å². The third-order valence-electron chi connectivity index (χ3n) is 5.69. The fourth-order valence-electron chi connectivity index (χ4n) is 4.08. The van der Waals surface area contributed by atoms with E-state index in [4.69, 9.17) is 23.2 Å². The van der Waals surface area contributed by atoms with Crippen LogP contribution in [0.2, 0.25) is 10.0 Å². The molecule has 31 heavy (non-hydrogen) atoms. The fraction of sp³-hybridized carbons (Fsp3) is 0.429. The molecule has 3 aromatic rings. The maximum atomic E-state index is 13.1. The molecule has 0 spiro atoms. The summed E-state index contributed by atoms with van der Waals surface area (Å²) >= 11 is 12.5. The van der Waals surface area contributed by atoms with Crippen LogP contribution in [0.15, 0.2) is 18.3 Å². The van der Waals surface area contributed by atoms with E-state index >= 15 is 0 Å². The minimum atomic E-state index is -4.55. The number of aryl methyl sites for hydroxylation is 2. The molecule has 0 atom stereocenters. The number of aromatic nitrogens is 3. The van der Waals surface area contributed by atoms with E-state index in [1.54, 1.807) is 17.7 Å². The number of aliphatic hydroxyl groups is 1. The van der Waals surface area contributed by atoms with E-state index < -0.39 is 11.7 Å². The Kier molecular flexibility index (Phi) is 5.83. The van der Waals surface area contributed by atoms with Gasteiger partial charge in [-0.25, -0.2) is 9.97 Å². The number of fused-ring (bicyclic) bond motifs is 1. The van der Waals surface area contributed by atoms with Crippen molar-refractivity contribution in [3.63, 3.8) is 0 Å². The van der Waals surface area contributed by atoms with Crippen LogP contribution in [0.4, 0.5) is 19.0 Å². The number of piperidine rings is 1. The number of benzene rings is 1. The third-order valence-corrected chi connectivity index (χ3v) is 6.26. The summed E-state index contributed by atoms with van der Waals surface area (Å²) in [6.45, 7) is 5.35. The molecule has 3 heterocycles. The Hall–Kier alpha value is -2.03. The molecule has 10 heteroatoms. The van der Waals surface area contributed by atoms with Crippen molar-refractivity contribution in [2.45, 2.75) is 32.9 Å². The predicted octanol–water partition coefficient (Wildman–Crippen LogP) is 5.57. The van der Waals surface area contributed by atoms with Gasteiger partial charge in [-0.2, -0.15) is 13.2 Å². The summed E-state index contributed by atoms with van der Waals surface area (Å²) in [5.74, 6) is 1.59. The molecular weight excluding hydrogens is 452 g/mol. The van der Waals surface area contributed by atoms with Gasteiger partial charge in [-0.1, -0.05) is 23.2 Å². The van der Waals surface area contributed by atoms with Gasteiger partial charge in [0.05, 0.1) is 26.7 Å². The number of rotatable bonds is 3. The Morgan fingerprint density at radius 3 is 2.26 bits per heavy atom.